The quantitative estimate of drug-likeness (QED) is 0.610. The molecule has 3 amide bonds. The number of phenolic OH excluding ortho intramolecular Hbond substituents is 1. The Hall–Kier alpha value is -3.13. The van der Waals surface area contributed by atoms with Crippen LogP contribution in [-0.2, 0) is 14.3 Å². The predicted molar refractivity (Wildman–Crippen MR) is 128 cm³/mol. The van der Waals surface area contributed by atoms with Crippen molar-refractivity contribution >= 4 is 28.5 Å². The number of benzene rings is 2. The van der Waals surface area contributed by atoms with Crippen LogP contribution >= 0.6 is 0 Å². The second-order valence-electron chi connectivity index (χ2n) is 9.08. The van der Waals surface area contributed by atoms with Gasteiger partial charge in [0.05, 0.1) is 5.56 Å². The van der Waals surface area contributed by atoms with Gasteiger partial charge >= 0.3 is 0 Å². The summed E-state index contributed by atoms with van der Waals surface area (Å²) < 4.78 is 5.00. The zero-order valence-electron chi connectivity index (χ0n) is 19.7. The normalized spacial score (nSPS) is 18.9. The number of likely N-dealkylation sites (tertiary alicyclic amines) is 2. The molecule has 2 aromatic rings. The molecular weight excluding hydrogens is 434 g/mol. The molecule has 2 fully saturated rings. The largest absolute Gasteiger partial charge is 0.506 e. The molecule has 182 valence electrons. The van der Waals surface area contributed by atoms with Gasteiger partial charge in [0.25, 0.3) is 5.91 Å². The second-order valence-corrected chi connectivity index (χ2v) is 9.08. The highest BCUT2D eigenvalue weighted by Gasteiger charge is 2.39. The molecule has 2 N–H and O–H groups in total. The maximum atomic E-state index is 13.3. The maximum absolute atomic E-state index is 13.3. The lowest BCUT2D eigenvalue weighted by molar-refractivity contribution is -0.138. The van der Waals surface area contributed by atoms with Crippen LogP contribution < -0.4 is 5.32 Å². The summed E-state index contributed by atoms with van der Waals surface area (Å²) in [6.07, 6.45) is 3.37. The summed E-state index contributed by atoms with van der Waals surface area (Å²) in [7, 11) is 1.64. The van der Waals surface area contributed by atoms with Gasteiger partial charge in [0, 0.05) is 51.2 Å². The van der Waals surface area contributed by atoms with Crippen LogP contribution in [0.1, 0.15) is 42.5 Å². The summed E-state index contributed by atoms with van der Waals surface area (Å²) in [5.41, 5.74) is 0.224. The second kappa shape index (κ2) is 10.9. The van der Waals surface area contributed by atoms with Crippen molar-refractivity contribution in [1.29, 1.82) is 0 Å². The third-order valence-corrected chi connectivity index (χ3v) is 6.93. The first kappa shape index (κ1) is 24.0. The van der Waals surface area contributed by atoms with Crippen molar-refractivity contribution in [1.82, 2.24) is 15.1 Å². The highest BCUT2D eigenvalue weighted by atomic mass is 16.5. The van der Waals surface area contributed by atoms with Gasteiger partial charge in [-0.3, -0.25) is 14.4 Å². The van der Waals surface area contributed by atoms with Gasteiger partial charge in [0.15, 0.2) is 0 Å². The Labute approximate surface area is 199 Å². The van der Waals surface area contributed by atoms with E-state index in [0.29, 0.717) is 57.4 Å². The lowest BCUT2D eigenvalue weighted by atomic mass is 9.95. The van der Waals surface area contributed by atoms with E-state index in [1.54, 1.807) is 29.0 Å². The van der Waals surface area contributed by atoms with Crippen LogP contribution in [0, 0.1) is 5.92 Å². The number of fused-ring (bicyclic) bond motifs is 1. The lowest BCUT2D eigenvalue weighted by Gasteiger charge is -2.35. The third-order valence-electron chi connectivity index (χ3n) is 6.93. The van der Waals surface area contributed by atoms with Crippen LogP contribution in [0.15, 0.2) is 36.4 Å². The van der Waals surface area contributed by atoms with Crippen LogP contribution in [0.5, 0.6) is 5.75 Å². The van der Waals surface area contributed by atoms with Crippen molar-refractivity contribution in [3.63, 3.8) is 0 Å². The number of nitrogens with zero attached hydrogens (tertiary/aromatic N) is 2. The molecule has 0 spiro atoms. The summed E-state index contributed by atoms with van der Waals surface area (Å²) in [4.78, 5) is 42.4. The van der Waals surface area contributed by atoms with Gasteiger partial charge in [-0.2, -0.15) is 0 Å². The zero-order chi connectivity index (χ0) is 24.1. The molecule has 2 aliphatic heterocycles. The number of hydrogen-bond donors (Lipinski definition) is 2. The Morgan fingerprint density at radius 3 is 2.59 bits per heavy atom. The van der Waals surface area contributed by atoms with Crippen molar-refractivity contribution < 1.29 is 24.2 Å². The number of hydrogen-bond acceptors (Lipinski definition) is 5. The molecule has 1 atom stereocenters. The van der Waals surface area contributed by atoms with Gasteiger partial charge in [-0.1, -0.05) is 30.3 Å². The predicted octanol–water partition coefficient (Wildman–Crippen LogP) is 2.54. The van der Waals surface area contributed by atoms with Crippen molar-refractivity contribution in [2.24, 2.45) is 5.92 Å². The Kier molecular flexibility index (Phi) is 7.67. The molecule has 0 bridgehead atoms. The van der Waals surface area contributed by atoms with Gasteiger partial charge in [0.1, 0.15) is 11.8 Å². The van der Waals surface area contributed by atoms with E-state index in [2.05, 4.69) is 5.32 Å². The lowest BCUT2D eigenvalue weighted by Crippen LogP contribution is -2.51. The first-order chi connectivity index (χ1) is 16.5. The SMILES string of the molecule is COCCCNC(=O)C1CCN(C(=O)C2CCCN2C(=O)c2ccc3ccccc3c2O)CC1. The van der Waals surface area contributed by atoms with E-state index < -0.39 is 6.04 Å². The molecule has 0 radical (unpaired) electrons. The van der Waals surface area contributed by atoms with Crippen molar-refractivity contribution in [3.8, 4) is 5.75 Å². The van der Waals surface area contributed by atoms with E-state index in [-0.39, 0.29) is 35.0 Å². The molecule has 0 saturated carbocycles. The number of carbonyl (C=O) groups excluding carboxylic acids is 3. The van der Waals surface area contributed by atoms with E-state index in [4.69, 9.17) is 4.74 Å². The molecule has 1 unspecified atom stereocenters. The van der Waals surface area contributed by atoms with E-state index >= 15 is 0 Å². The summed E-state index contributed by atoms with van der Waals surface area (Å²) in [5.74, 6) is -0.483. The van der Waals surface area contributed by atoms with E-state index in [1.165, 1.54) is 0 Å². The highest BCUT2D eigenvalue weighted by Crippen LogP contribution is 2.32. The Balaban J connectivity index is 1.37. The molecule has 8 heteroatoms. The number of ether oxygens (including phenoxy) is 1. The van der Waals surface area contributed by atoms with Crippen LogP contribution in [0.25, 0.3) is 10.8 Å². The Morgan fingerprint density at radius 1 is 1.06 bits per heavy atom. The number of rotatable bonds is 7. The van der Waals surface area contributed by atoms with Crippen molar-refractivity contribution in [3.05, 3.63) is 42.0 Å². The molecule has 34 heavy (non-hydrogen) atoms. The van der Waals surface area contributed by atoms with E-state index in [0.717, 1.165) is 18.2 Å². The Morgan fingerprint density at radius 2 is 1.82 bits per heavy atom. The third kappa shape index (κ3) is 5.01. The van der Waals surface area contributed by atoms with Crippen LogP contribution in [0.4, 0.5) is 0 Å². The summed E-state index contributed by atoms with van der Waals surface area (Å²) in [6, 6.07) is 10.3. The first-order valence-corrected chi connectivity index (χ1v) is 12.1. The molecule has 2 saturated heterocycles. The average molecular weight is 468 g/mol. The topological polar surface area (TPSA) is 99.2 Å². The molecule has 2 aromatic carbocycles. The van der Waals surface area contributed by atoms with Gasteiger partial charge < -0.3 is 25.0 Å². The fourth-order valence-electron chi connectivity index (χ4n) is 4.99. The van der Waals surface area contributed by atoms with Gasteiger partial charge in [-0.25, -0.2) is 0 Å². The number of aromatic hydroxyl groups is 1. The minimum atomic E-state index is -0.530. The van der Waals surface area contributed by atoms with Crippen LogP contribution in [-0.4, -0.2) is 78.6 Å². The fourth-order valence-corrected chi connectivity index (χ4v) is 4.99. The zero-order valence-corrected chi connectivity index (χ0v) is 19.7. The number of piperidine rings is 1. The molecule has 2 aliphatic rings. The standard InChI is InChI=1S/C26H33N3O5/c1-34-17-5-13-27-24(31)19-11-15-28(16-12-19)26(33)22-8-4-14-29(22)25(32)21-10-9-18-6-2-3-7-20(18)23(21)30/h2-3,6-7,9-10,19,22,30H,4-5,8,11-17H2,1H3,(H,27,31). The number of nitrogens with one attached hydrogen (secondary N) is 1. The van der Waals surface area contributed by atoms with E-state index in [1.807, 2.05) is 24.3 Å². The molecule has 4 rings (SSSR count). The smallest absolute Gasteiger partial charge is 0.258 e. The molecular formula is C26H33N3O5. The minimum Gasteiger partial charge on any atom is -0.506 e. The minimum absolute atomic E-state index is 0.0349. The summed E-state index contributed by atoms with van der Waals surface area (Å²) in [6.45, 7) is 2.71. The molecule has 0 aliphatic carbocycles. The Bertz CT molecular complexity index is 1050. The molecule has 8 nitrogen and oxygen atoms in total. The van der Waals surface area contributed by atoms with Crippen molar-refractivity contribution in [2.75, 3.05) is 39.9 Å². The summed E-state index contributed by atoms with van der Waals surface area (Å²) >= 11 is 0. The van der Waals surface area contributed by atoms with E-state index in [9.17, 15) is 19.5 Å². The monoisotopic (exact) mass is 467 g/mol. The first-order valence-electron chi connectivity index (χ1n) is 12.1. The van der Waals surface area contributed by atoms with Gasteiger partial charge in [-0.15, -0.1) is 0 Å². The van der Waals surface area contributed by atoms with Crippen molar-refractivity contribution in [2.45, 2.75) is 38.1 Å². The van der Waals surface area contributed by atoms with Crippen LogP contribution in [0.3, 0.4) is 0 Å². The molecule has 0 aromatic heterocycles. The highest BCUT2D eigenvalue weighted by molar-refractivity contribution is 6.05. The summed E-state index contributed by atoms with van der Waals surface area (Å²) in [5, 5.41) is 15.2. The van der Waals surface area contributed by atoms with Crippen LogP contribution in [0.2, 0.25) is 0 Å². The fraction of sp³-hybridized carbons (Fsp3) is 0.500. The number of carbonyl (C=O) groups is 3. The average Bonchev–Trinajstić information content (AvgIpc) is 3.36. The molecule has 2 heterocycles. The van der Waals surface area contributed by atoms with Gasteiger partial charge in [0.2, 0.25) is 11.8 Å². The number of amides is 3. The van der Waals surface area contributed by atoms with Gasteiger partial charge in [-0.05, 0) is 43.6 Å². The number of methoxy groups -OCH3 is 1. The number of phenols is 1. The maximum Gasteiger partial charge on any atom is 0.258 e.